The summed E-state index contributed by atoms with van der Waals surface area (Å²) in [4.78, 5) is 37.0. The van der Waals surface area contributed by atoms with Gasteiger partial charge in [-0.05, 0) is 24.3 Å². The molecule has 0 saturated heterocycles. The van der Waals surface area contributed by atoms with Crippen LogP contribution in [-0.4, -0.2) is 21.6 Å². The summed E-state index contributed by atoms with van der Waals surface area (Å²) in [5.41, 5.74) is 0.582. The minimum atomic E-state index is -0.530. The molecule has 7 heteroatoms. The highest BCUT2D eigenvalue weighted by Gasteiger charge is 2.12. The van der Waals surface area contributed by atoms with Crippen LogP contribution in [0.4, 0.5) is 11.5 Å². The molecule has 1 N–H and O–H groups in total. The third-order valence-electron chi connectivity index (χ3n) is 2.67. The molecule has 1 heterocycles. The van der Waals surface area contributed by atoms with Gasteiger partial charge in [0.15, 0.2) is 5.78 Å². The Bertz CT molecular complexity index is 693. The molecule has 0 bridgehead atoms. The van der Waals surface area contributed by atoms with E-state index in [4.69, 9.17) is 0 Å². The fraction of sp³-hybridized carbons (Fsp3) is 0.0714. The van der Waals surface area contributed by atoms with E-state index in [1.807, 2.05) is 0 Å². The number of benzene rings is 1. The zero-order valence-electron chi connectivity index (χ0n) is 11.1. The lowest BCUT2D eigenvalue weighted by molar-refractivity contribution is -0.384. The normalized spacial score (nSPS) is 9.95. The minimum Gasteiger partial charge on any atom is -0.311 e. The summed E-state index contributed by atoms with van der Waals surface area (Å²) in [5.74, 6) is -0.202. The van der Waals surface area contributed by atoms with Crippen LogP contribution in [0.2, 0.25) is 0 Å². The predicted molar refractivity (Wildman–Crippen MR) is 75.1 cm³/mol. The molecule has 1 aromatic carbocycles. The number of nitrogens with zero attached hydrogens (tertiary/aromatic N) is 2. The molecular formula is C14H11N3O4. The molecule has 106 valence electrons. The van der Waals surface area contributed by atoms with Gasteiger partial charge in [-0.3, -0.25) is 19.7 Å². The summed E-state index contributed by atoms with van der Waals surface area (Å²) in [6, 6.07) is 8.37. The zero-order valence-corrected chi connectivity index (χ0v) is 11.1. The first-order valence-corrected chi connectivity index (χ1v) is 6.00. The lowest BCUT2D eigenvalue weighted by Gasteiger charge is -2.03. The van der Waals surface area contributed by atoms with Crippen molar-refractivity contribution in [1.82, 2.24) is 4.98 Å². The van der Waals surface area contributed by atoms with Crippen LogP contribution in [0.5, 0.6) is 0 Å². The molecule has 0 unspecified atom stereocenters. The van der Waals surface area contributed by atoms with Gasteiger partial charge in [0.25, 0.3) is 5.69 Å². The summed E-state index contributed by atoms with van der Waals surface area (Å²) in [7, 11) is 0. The molecule has 1 aromatic heterocycles. The largest absolute Gasteiger partial charge is 0.311 e. The van der Waals surface area contributed by atoms with Gasteiger partial charge in [0.2, 0.25) is 5.91 Å². The summed E-state index contributed by atoms with van der Waals surface area (Å²) in [5, 5.41) is 13.0. The number of carbonyl (C=O) groups is 2. The standard InChI is InChI=1S/C14H11N3O4/c1-9(18)16-13-7-4-11(8-15-13)14(19)10-2-5-12(6-3-10)17(20)21/h2-8H,1H3,(H,15,16,18). The molecule has 2 aromatic rings. The van der Waals surface area contributed by atoms with Crippen molar-refractivity contribution in [1.29, 1.82) is 0 Å². The fourth-order valence-electron chi connectivity index (χ4n) is 1.68. The molecule has 0 atom stereocenters. The Kier molecular flexibility index (Phi) is 4.03. The van der Waals surface area contributed by atoms with E-state index in [-0.39, 0.29) is 17.4 Å². The van der Waals surface area contributed by atoms with E-state index < -0.39 is 4.92 Å². The van der Waals surface area contributed by atoms with E-state index in [9.17, 15) is 19.7 Å². The van der Waals surface area contributed by atoms with Gasteiger partial charge < -0.3 is 5.32 Å². The molecule has 0 radical (unpaired) electrons. The lowest BCUT2D eigenvalue weighted by Crippen LogP contribution is -2.08. The number of amides is 1. The van der Waals surface area contributed by atoms with Gasteiger partial charge in [-0.25, -0.2) is 4.98 Å². The molecule has 0 aliphatic rings. The number of ketones is 1. The second-order valence-corrected chi connectivity index (χ2v) is 4.25. The summed E-state index contributed by atoms with van der Waals surface area (Å²) in [6.07, 6.45) is 1.34. The lowest BCUT2D eigenvalue weighted by atomic mass is 10.0. The molecule has 21 heavy (non-hydrogen) atoms. The molecule has 0 saturated carbocycles. The van der Waals surface area contributed by atoms with Crippen LogP contribution in [0.1, 0.15) is 22.8 Å². The monoisotopic (exact) mass is 285 g/mol. The van der Waals surface area contributed by atoms with Gasteiger partial charge >= 0.3 is 0 Å². The van der Waals surface area contributed by atoms with Crippen molar-refractivity contribution in [2.24, 2.45) is 0 Å². The highest BCUT2D eigenvalue weighted by Crippen LogP contribution is 2.15. The number of nitro benzene ring substituents is 1. The number of nitrogens with one attached hydrogen (secondary N) is 1. The number of anilines is 1. The van der Waals surface area contributed by atoms with Gasteiger partial charge in [0.1, 0.15) is 5.82 Å². The Balaban J connectivity index is 2.19. The van der Waals surface area contributed by atoms with Crippen molar-refractivity contribution in [2.45, 2.75) is 6.92 Å². The van der Waals surface area contributed by atoms with Crippen molar-refractivity contribution < 1.29 is 14.5 Å². The van der Waals surface area contributed by atoms with Gasteiger partial charge in [0.05, 0.1) is 4.92 Å². The first-order valence-electron chi connectivity index (χ1n) is 6.00. The van der Waals surface area contributed by atoms with E-state index in [1.165, 1.54) is 49.5 Å². The van der Waals surface area contributed by atoms with Crippen molar-refractivity contribution in [3.8, 4) is 0 Å². The first kappa shape index (κ1) is 14.3. The van der Waals surface area contributed by atoms with E-state index >= 15 is 0 Å². The third-order valence-corrected chi connectivity index (χ3v) is 2.67. The van der Waals surface area contributed by atoms with Crippen molar-refractivity contribution in [3.63, 3.8) is 0 Å². The van der Waals surface area contributed by atoms with E-state index in [0.29, 0.717) is 16.9 Å². The Morgan fingerprint density at radius 1 is 1.10 bits per heavy atom. The van der Waals surface area contributed by atoms with Crippen molar-refractivity contribution in [3.05, 3.63) is 63.8 Å². The summed E-state index contributed by atoms with van der Waals surface area (Å²) < 4.78 is 0. The SMILES string of the molecule is CC(=O)Nc1ccc(C(=O)c2ccc([N+](=O)[O-])cc2)cn1. The maximum atomic E-state index is 12.2. The molecule has 7 nitrogen and oxygen atoms in total. The zero-order chi connectivity index (χ0) is 15.4. The van der Waals surface area contributed by atoms with Crippen LogP contribution < -0.4 is 5.32 Å². The number of hydrogen-bond acceptors (Lipinski definition) is 5. The number of hydrogen-bond donors (Lipinski definition) is 1. The first-order chi connectivity index (χ1) is 9.97. The third kappa shape index (κ3) is 3.47. The quantitative estimate of drug-likeness (QED) is 0.527. The molecule has 0 spiro atoms. The molecular weight excluding hydrogens is 274 g/mol. The Labute approximate surface area is 119 Å². The van der Waals surface area contributed by atoms with Crippen LogP contribution in [0.15, 0.2) is 42.6 Å². The van der Waals surface area contributed by atoms with Gasteiger partial charge in [-0.15, -0.1) is 0 Å². The molecule has 0 aliphatic carbocycles. The molecule has 0 fully saturated rings. The smallest absolute Gasteiger partial charge is 0.269 e. The van der Waals surface area contributed by atoms with Crippen molar-refractivity contribution in [2.75, 3.05) is 5.32 Å². The highest BCUT2D eigenvalue weighted by molar-refractivity contribution is 6.09. The number of carbonyl (C=O) groups excluding carboxylic acids is 2. The number of aromatic nitrogens is 1. The Hall–Kier alpha value is -3.09. The second kappa shape index (κ2) is 5.91. The summed E-state index contributed by atoms with van der Waals surface area (Å²) in [6.45, 7) is 1.36. The van der Waals surface area contributed by atoms with Crippen LogP contribution in [0, 0.1) is 10.1 Å². The topological polar surface area (TPSA) is 102 Å². The number of rotatable bonds is 4. The number of nitro groups is 1. The van der Waals surface area contributed by atoms with Gasteiger partial charge in [0, 0.05) is 36.4 Å². The average molecular weight is 285 g/mol. The van der Waals surface area contributed by atoms with E-state index in [2.05, 4.69) is 10.3 Å². The molecule has 2 rings (SSSR count). The summed E-state index contributed by atoms with van der Waals surface area (Å²) >= 11 is 0. The van der Waals surface area contributed by atoms with Crippen LogP contribution in [0.25, 0.3) is 0 Å². The average Bonchev–Trinajstić information content (AvgIpc) is 2.47. The molecule has 0 aliphatic heterocycles. The van der Waals surface area contributed by atoms with Crippen LogP contribution >= 0.6 is 0 Å². The Morgan fingerprint density at radius 2 is 1.71 bits per heavy atom. The van der Waals surface area contributed by atoms with E-state index in [0.717, 1.165) is 0 Å². The minimum absolute atomic E-state index is 0.0781. The van der Waals surface area contributed by atoms with Gasteiger partial charge in [-0.1, -0.05) is 0 Å². The highest BCUT2D eigenvalue weighted by atomic mass is 16.6. The fourth-order valence-corrected chi connectivity index (χ4v) is 1.68. The second-order valence-electron chi connectivity index (χ2n) is 4.25. The Morgan fingerprint density at radius 3 is 2.19 bits per heavy atom. The maximum absolute atomic E-state index is 12.2. The molecule has 1 amide bonds. The predicted octanol–water partition coefficient (Wildman–Crippen LogP) is 2.18. The van der Waals surface area contributed by atoms with E-state index in [1.54, 1.807) is 0 Å². The van der Waals surface area contributed by atoms with Crippen LogP contribution in [0.3, 0.4) is 0 Å². The maximum Gasteiger partial charge on any atom is 0.269 e. The number of pyridine rings is 1. The van der Waals surface area contributed by atoms with Crippen LogP contribution in [-0.2, 0) is 4.79 Å². The van der Waals surface area contributed by atoms with Gasteiger partial charge in [-0.2, -0.15) is 0 Å². The number of non-ortho nitro benzene ring substituents is 1. The van der Waals surface area contributed by atoms with Crippen molar-refractivity contribution >= 4 is 23.2 Å².